The molecule has 0 radical (unpaired) electrons. The number of carbonyl (C=O) groups is 2. The van der Waals surface area contributed by atoms with E-state index in [2.05, 4.69) is 5.32 Å². The van der Waals surface area contributed by atoms with Gasteiger partial charge in [0, 0.05) is 36.2 Å². The third-order valence-electron chi connectivity index (χ3n) is 5.44. The van der Waals surface area contributed by atoms with E-state index in [9.17, 15) is 9.59 Å². The van der Waals surface area contributed by atoms with Gasteiger partial charge in [-0.1, -0.05) is 77.8 Å². The van der Waals surface area contributed by atoms with Gasteiger partial charge in [0.05, 0.1) is 6.42 Å². The molecule has 0 bridgehead atoms. The lowest BCUT2D eigenvalue weighted by Crippen LogP contribution is -2.51. The van der Waals surface area contributed by atoms with E-state index < -0.39 is 6.04 Å². The van der Waals surface area contributed by atoms with Gasteiger partial charge in [-0.3, -0.25) is 9.59 Å². The van der Waals surface area contributed by atoms with Gasteiger partial charge in [0.1, 0.15) is 6.04 Å². The van der Waals surface area contributed by atoms with Crippen LogP contribution in [0.5, 0.6) is 0 Å². The van der Waals surface area contributed by atoms with Gasteiger partial charge in [-0.15, -0.1) is 0 Å². The molecule has 0 unspecified atom stereocenters. The molecule has 3 rings (SSSR count). The van der Waals surface area contributed by atoms with Crippen LogP contribution in [0.1, 0.15) is 23.1 Å². The van der Waals surface area contributed by atoms with Crippen LogP contribution in [0.25, 0.3) is 0 Å². The van der Waals surface area contributed by atoms with Crippen LogP contribution in [-0.4, -0.2) is 41.0 Å². The molecule has 0 aromatic heterocycles. The summed E-state index contributed by atoms with van der Waals surface area (Å²) in [6.07, 6.45) is 0.950. The van der Waals surface area contributed by atoms with Crippen LogP contribution in [0.4, 0.5) is 0 Å². The van der Waals surface area contributed by atoms with Gasteiger partial charge in [0.15, 0.2) is 0 Å². The summed E-state index contributed by atoms with van der Waals surface area (Å²) in [6.45, 7) is 0.572. The molecule has 0 fully saturated rings. The number of hydrogen-bond acceptors (Lipinski definition) is 3. The first-order valence-electron chi connectivity index (χ1n) is 11.2. The number of carbonyl (C=O) groups excluding carboxylic acids is 2. The van der Waals surface area contributed by atoms with Crippen molar-refractivity contribution in [3.8, 4) is 0 Å². The maximum absolute atomic E-state index is 13.6. The van der Waals surface area contributed by atoms with Crippen molar-refractivity contribution in [2.24, 2.45) is 0 Å². The maximum atomic E-state index is 13.6. The third-order valence-corrected chi connectivity index (χ3v) is 5.94. The first kappa shape index (κ1) is 25.8. The molecule has 0 aliphatic carbocycles. The van der Waals surface area contributed by atoms with Crippen molar-refractivity contribution in [1.82, 2.24) is 10.2 Å². The molecule has 0 aliphatic rings. The molecule has 0 heterocycles. The lowest BCUT2D eigenvalue weighted by Gasteiger charge is -2.31. The van der Waals surface area contributed by atoms with Crippen LogP contribution in [0.3, 0.4) is 0 Å². The summed E-state index contributed by atoms with van der Waals surface area (Å²) >= 11 is 12.0. The van der Waals surface area contributed by atoms with Gasteiger partial charge in [-0.2, -0.15) is 0 Å². The molecule has 2 amide bonds. The standard InChI is InChI=1S/C27H28Cl2N2O3/c28-23-11-7-21(8-12-23)18-26(33)31(19-22-9-13-24(29)14-10-22)25(27(34)30-15-4-16-32)17-20-5-2-1-3-6-20/h1-3,5-14,25,32H,4,15-19H2,(H,30,34)/t25-/m0/s1. The number of rotatable bonds is 11. The number of nitrogens with zero attached hydrogens (tertiary/aromatic N) is 1. The van der Waals surface area contributed by atoms with Gasteiger partial charge in [-0.25, -0.2) is 0 Å². The number of nitrogens with one attached hydrogen (secondary N) is 1. The molecule has 34 heavy (non-hydrogen) atoms. The minimum Gasteiger partial charge on any atom is -0.396 e. The van der Waals surface area contributed by atoms with E-state index in [1.54, 1.807) is 29.2 Å². The van der Waals surface area contributed by atoms with Crippen LogP contribution in [0, 0.1) is 0 Å². The smallest absolute Gasteiger partial charge is 0.243 e. The van der Waals surface area contributed by atoms with E-state index in [0.29, 0.717) is 29.4 Å². The number of hydrogen-bond donors (Lipinski definition) is 2. The molecule has 3 aromatic carbocycles. The molecular formula is C27H28Cl2N2O3. The second kappa shape index (κ2) is 13.1. The molecule has 0 saturated heterocycles. The van der Waals surface area contributed by atoms with Gasteiger partial charge in [0.25, 0.3) is 0 Å². The molecular weight excluding hydrogens is 471 g/mol. The molecule has 2 N–H and O–H groups in total. The SMILES string of the molecule is O=C(NCCCO)[C@H](Cc1ccccc1)N(Cc1ccc(Cl)cc1)C(=O)Cc1ccc(Cl)cc1. The fourth-order valence-corrected chi connectivity index (χ4v) is 3.88. The van der Waals surface area contributed by atoms with Crippen LogP contribution in [0.2, 0.25) is 10.0 Å². The summed E-state index contributed by atoms with van der Waals surface area (Å²) in [5.74, 6) is -0.425. The largest absolute Gasteiger partial charge is 0.396 e. The topological polar surface area (TPSA) is 69.6 Å². The van der Waals surface area contributed by atoms with Crippen LogP contribution >= 0.6 is 23.2 Å². The second-order valence-electron chi connectivity index (χ2n) is 8.03. The van der Waals surface area contributed by atoms with Crippen LogP contribution < -0.4 is 5.32 Å². The second-order valence-corrected chi connectivity index (χ2v) is 8.90. The Morgan fingerprint density at radius 2 is 1.41 bits per heavy atom. The van der Waals surface area contributed by atoms with Crippen LogP contribution in [0.15, 0.2) is 78.9 Å². The van der Waals surface area contributed by atoms with Crippen molar-refractivity contribution in [2.45, 2.75) is 31.8 Å². The van der Waals surface area contributed by atoms with Crippen molar-refractivity contribution in [3.63, 3.8) is 0 Å². The Balaban J connectivity index is 1.92. The third kappa shape index (κ3) is 7.87. The Bertz CT molecular complexity index is 1060. The Morgan fingerprint density at radius 3 is 2.00 bits per heavy atom. The van der Waals surface area contributed by atoms with Gasteiger partial charge in [-0.05, 0) is 47.4 Å². The summed E-state index contributed by atoms with van der Waals surface area (Å²) in [7, 11) is 0. The minimum atomic E-state index is -0.725. The monoisotopic (exact) mass is 498 g/mol. The molecule has 5 nitrogen and oxygen atoms in total. The number of benzene rings is 3. The van der Waals surface area contributed by atoms with E-state index >= 15 is 0 Å². The predicted molar refractivity (Wildman–Crippen MR) is 136 cm³/mol. The lowest BCUT2D eigenvalue weighted by molar-refractivity contribution is -0.140. The summed E-state index contributed by atoms with van der Waals surface area (Å²) in [5.41, 5.74) is 2.63. The summed E-state index contributed by atoms with van der Waals surface area (Å²) < 4.78 is 0. The fraction of sp³-hybridized carbons (Fsp3) is 0.259. The molecule has 0 spiro atoms. The molecule has 3 aromatic rings. The van der Waals surface area contributed by atoms with Gasteiger partial charge in [0.2, 0.25) is 11.8 Å². The highest BCUT2D eigenvalue weighted by Gasteiger charge is 2.30. The van der Waals surface area contributed by atoms with Gasteiger partial charge < -0.3 is 15.3 Å². The lowest BCUT2D eigenvalue weighted by atomic mass is 10.0. The van der Waals surface area contributed by atoms with Gasteiger partial charge >= 0.3 is 0 Å². The zero-order chi connectivity index (χ0) is 24.3. The van der Waals surface area contributed by atoms with Crippen LogP contribution in [-0.2, 0) is 29.0 Å². The highest BCUT2D eigenvalue weighted by Crippen LogP contribution is 2.19. The summed E-state index contributed by atoms with van der Waals surface area (Å²) in [5, 5.41) is 13.2. The van der Waals surface area contributed by atoms with E-state index in [1.165, 1.54) is 0 Å². The van der Waals surface area contributed by atoms with Crippen molar-refractivity contribution in [2.75, 3.05) is 13.2 Å². The molecule has 178 valence electrons. The van der Waals surface area contributed by atoms with Crippen molar-refractivity contribution < 1.29 is 14.7 Å². The van der Waals surface area contributed by atoms with E-state index in [-0.39, 0.29) is 31.4 Å². The summed E-state index contributed by atoms with van der Waals surface area (Å²) in [6, 6.07) is 23.3. The van der Waals surface area contributed by atoms with E-state index in [1.807, 2.05) is 54.6 Å². The fourth-order valence-electron chi connectivity index (χ4n) is 3.63. The molecule has 1 atom stereocenters. The quantitative estimate of drug-likeness (QED) is 0.377. The molecule has 0 saturated carbocycles. The van der Waals surface area contributed by atoms with E-state index in [4.69, 9.17) is 28.3 Å². The zero-order valence-electron chi connectivity index (χ0n) is 18.8. The zero-order valence-corrected chi connectivity index (χ0v) is 20.3. The molecule has 7 heteroatoms. The van der Waals surface area contributed by atoms with E-state index in [0.717, 1.165) is 16.7 Å². The Labute approximate surface area is 210 Å². The number of aliphatic hydroxyl groups excluding tert-OH is 1. The van der Waals surface area contributed by atoms with Crippen molar-refractivity contribution in [3.05, 3.63) is 106 Å². The van der Waals surface area contributed by atoms with Crippen molar-refractivity contribution >= 4 is 35.0 Å². The first-order chi connectivity index (χ1) is 16.5. The predicted octanol–water partition coefficient (Wildman–Crippen LogP) is 4.67. The number of amides is 2. The average Bonchev–Trinajstić information content (AvgIpc) is 2.84. The Morgan fingerprint density at radius 1 is 0.824 bits per heavy atom. The first-order valence-corrected chi connectivity index (χ1v) is 11.9. The normalized spacial score (nSPS) is 11.6. The van der Waals surface area contributed by atoms with Crippen molar-refractivity contribution in [1.29, 1.82) is 0 Å². The summed E-state index contributed by atoms with van der Waals surface area (Å²) in [4.78, 5) is 28.5. The average molecular weight is 499 g/mol. The Hall–Kier alpha value is -2.86. The molecule has 0 aliphatic heterocycles. The number of aliphatic hydroxyl groups is 1. The highest BCUT2D eigenvalue weighted by atomic mass is 35.5. The maximum Gasteiger partial charge on any atom is 0.243 e. The Kier molecular flexibility index (Phi) is 9.95. The minimum absolute atomic E-state index is 0.0202. The highest BCUT2D eigenvalue weighted by molar-refractivity contribution is 6.30. The number of halogens is 2.